The topological polar surface area (TPSA) is 50.1 Å². The van der Waals surface area contributed by atoms with E-state index in [2.05, 4.69) is 6.07 Å². The number of nitriles is 1. The average Bonchev–Trinajstić information content (AvgIpc) is 2.56. The fourth-order valence-electron chi connectivity index (χ4n) is 2.62. The molecule has 0 N–H and O–H groups in total. The molecule has 0 radical (unpaired) electrons. The van der Waals surface area contributed by atoms with Gasteiger partial charge in [0.1, 0.15) is 0 Å². The zero-order valence-corrected chi connectivity index (χ0v) is 13.7. The third kappa shape index (κ3) is 4.58. The summed E-state index contributed by atoms with van der Waals surface area (Å²) in [5.41, 5.74) is 1.74. The zero-order valence-electron chi connectivity index (χ0n) is 12.9. The Hall–Kier alpha value is -2.31. The van der Waals surface area contributed by atoms with E-state index in [9.17, 15) is 10.1 Å². The number of carbonyl (C=O) groups is 1. The minimum atomic E-state index is -0.472. The van der Waals surface area contributed by atoms with Crippen molar-refractivity contribution in [1.82, 2.24) is 0 Å². The molecule has 0 aliphatic rings. The Morgan fingerprint density at radius 2 is 1.87 bits per heavy atom. The number of hydrogen-bond donors (Lipinski definition) is 0. The molecule has 0 bridgehead atoms. The first-order valence-electron chi connectivity index (χ1n) is 7.51. The molecule has 0 amide bonds. The van der Waals surface area contributed by atoms with Crippen molar-refractivity contribution in [3.63, 3.8) is 0 Å². The zero-order chi connectivity index (χ0) is 16.7. The van der Waals surface area contributed by atoms with Crippen molar-refractivity contribution in [3.8, 4) is 6.07 Å². The third-order valence-electron chi connectivity index (χ3n) is 3.67. The number of carbonyl (C=O) groups excluding carboxylic acids is 1. The highest BCUT2D eigenvalue weighted by molar-refractivity contribution is 6.30. The molecular formula is C19H18ClNO2. The van der Waals surface area contributed by atoms with E-state index in [0.29, 0.717) is 11.6 Å². The van der Waals surface area contributed by atoms with E-state index in [-0.39, 0.29) is 18.3 Å². The molecule has 2 aromatic carbocycles. The molecule has 0 aliphatic heterocycles. The highest BCUT2D eigenvalue weighted by Crippen LogP contribution is 2.36. The van der Waals surface area contributed by atoms with Crippen LogP contribution in [0.4, 0.5) is 0 Å². The number of nitrogens with zero attached hydrogens (tertiary/aromatic N) is 1. The van der Waals surface area contributed by atoms with Gasteiger partial charge in [-0.3, -0.25) is 4.79 Å². The number of rotatable bonds is 6. The molecule has 2 rings (SSSR count). The van der Waals surface area contributed by atoms with Crippen LogP contribution in [0.15, 0.2) is 54.6 Å². The van der Waals surface area contributed by atoms with E-state index in [1.54, 1.807) is 19.1 Å². The predicted molar refractivity (Wildman–Crippen MR) is 90.2 cm³/mol. The first-order chi connectivity index (χ1) is 11.2. The van der Waals surface area contributed by atoms with Crippen LogP contribution in [0.25, 0.3) is 0 Å². The van der Waals surface area contributed by atoms with Crippen molar-refractivity contribution in [2.45, 2.75) is 25.2 Å². The Labute approximate surface area is 141 Å². The lowest BCUT2D eigenvalue weighted by molar-refractivity contribution is -0.143. The molecule has 23 heavy (non-hydrogen) atoms. The van der Waals surface area contributed by atoms with E-state index in [1.807, 2.05) is 42.5 Å². The van der Waals surface area contributed by atoms with Gasteiger partial charge in [-0.05, 0) is 30.2 Å². The number of benzene rings is 2. The maximum atomic E-state index is 12.0. The molecule has 2 aromatic rings. The average molecular weight is 328 g/mol. The number of ether oxygens (including phenoxy) is 1. The minimum absolute atomic E-state index is 0.155. The van der Waals surface area contributed by atoms with Gasteiger partial charge in [-0.25, -0.2) is 0 Å². The van der Waals surface area contributed by atoms with Crippen molar-refractivity contribution in [1.29, 1.82) is 5.26 Å². The fraction of sp³-hybridized carbons (Fsp3) is 0.263. The van der Waals surface area contributed by atoms with Gasteiger partial charge in [-0.1, -0.05) is 54.1 Å². The maximum absolute atomic E-state index is 12.0. The fourth-order valence-corrected chi connectivity index (χ4v) is 2.82. The van der Waals surface area contributed by atoms with E-state index >= 15 is 0 Å². The van der Waals surface area contributed by atoms with Crippen LogP contribution in [-0.2, 0) is 9.53 Å². The highest BCUT2D eigenvalue weighted by atomic mass is 35.5. The third-order valence-corrected chi connectivity index (χ3v) is 3.90. The Bertz CT molecular complexity index is 694. The van der Waals surface area contributed by atoms with Crippen molar-refractivity contribution >= 4 is 17.6 Å². The summed E-state index contributed by atoms with van der Waals surface area (Å²) < 4.78 is 5.07. The van der Waals surface area contributed by atoms with Gasteiger partial charge in [0.25, 0.3) is 0 Å². The second-order valence-corrected chi connectivity index (χ2v) is 5.62. The molecule has 0 spiro atoms. The molecule has 2 unspecified atom stereocenters. The smallest absolute Gasteiger partial charge is 0.306 e. The quantitative estimate of drug-likeness (QED) is 0.723. The van der Waals surface area contributed by atoms with Crippen molar-refractivity contribution < 1.29 is 9.53 Å². The number of hydrogen-bond acceptors (Lipinski definition) is 3. The Kier molecular flexibility index (Phi) is 6.19. The molecule has 0 saturated carbocycles. The van der Waals surface area contributed by atoms with Crippen LogP contribution < -0.4 is 0 Å². The van der Waals surface area contributed by atoms with Crippen LogP contribution in [0, 0.1) is 11.3 Å². The first kappa shape index (κ1) is 17.1. The van der Waals surface area contributed by atoms with E-state index in [1.165, 1.54) is 0 Å². The predicted octanol–water partition coefficient (Wildman–Crippen LogP) is 4.68. The monoisotopic (exact) mass is 327 g/mol. The van der Waals surface area contributed by atoms with Crippen LogP contribution in [0.1, 0.15) is 36.3 Å². The van der Waals surface area contributed by atoms with Gasteiger partial charge < -0.3 is 4.74 Å². The van der Waals surface area contributed by atoms with Gasteiger partial charge in [-0.15, -0.1) is 0 Å². The van der Waals surface area contributed by atoms with E-state index in [4.69, 9.17) is 16.3 Å². The number of halogens is 1. The van der Waals surface area contributed by atoms with Crippen LogP contribution in [0.2, 0.25) is 5.02 Å². The molecule has 3 nitrogen and oxygen atoms in total. The molecule has 0 heterocycles. The van der Waals surface area contributed by atoms with E-state index < -0.39 is 5.92 Å². The van der Waals surface area contributed by atoms with Gasteiger partial charge in [0.15, 0.2) is 0 Å². The molecular weight excluding hydrogens is 310 g/mol. The lowest BCUT2D eigenvalue weighted by Gasteiger charge is -2.22. The summed E-state index contributed by atoms with van der Waals surface area (Å²) in [4.78, 5) is 12.0. The Morgan fingerprint density at radius 1 is 1.17 bits per heavy atom. The summed E-state index contributed by atoms with van der Waals surface area (Å²) in [5.74, 6) is -1.05. The first-order valence-corrected chi connectivity index (χ1v) is 7.89. The minimum Gasteiger partial charge on any atom is -0.466 e. The highest BCUT2D eigenvalue weighted by Gasteiger charge is 2.28. The molecule has 2 atom stereocenters. The van der Waals surface area contributed by atoms with Gasteiger partial charge in [0.05, 0.1) is 25.0 Å². The summed E-state index contributed by atoms with van der Waals surface area (Å²) >= 11 is 6.05. The largest absolute Gasteiger partial charge is 0.466 e. The van der Waals surface area contributed by atoms with Crippen molar-refractivity contribution in [2.24, 2.45) is 0 Å². The van der Waals surface area contributed by atoms with Gasteiger partial charge in [-0.2, -0.15) is 5.26 Å². The maximum Gasteiger partial charge on any atom is 0.306 e. The summed E-state index contributed by atoms with van der Waals surface area (Å²) in [7, 11) is 0. The van der Waals surface area contributed by atoms with Crippen LogP contribution >= 0.6 is 11.6 Å². The molecule has 4 heteroatoms. The molecule has 0 fully saturated rings. The number of esters is 1. The van der Waals surface area contributed by atoms with E-state index in [0.717, 1.165) is 11.1 Å². The second kappa shape index (κ2) is 8.36. The molecule has 118 valence electrons. The Balaban J connectivity index is 2.38. The van der Waals surface area contributed by atoms with Crippen LogP contribution in [-0.4, -0.2) is 12.6 Å². The van der Waals surface area contributed by atoms with Crippen LogP contribution in [0.5, 0.6) is 0 Å². The lowest BCUT2D eigenvalue weighted by atomic mass is 9.80. The van der Waals surface area contributed by atoms with Gasteiger partial charge >= 0.3 is 5.97 Å². The second-order valence-electron chi connectivity index (χ2n) is 5.19. The van der Waals surface area contributed by atoms with Crippen LogP contribution in [0.3, 0.4) is 0 Å². The van der Waals surface area contributed by atoms with Crippen molar-refractivity contribution in [3.05, 3.63) is 70.7 Å². The summed E-state index contributed by atoms with van der Waals surface area (Å²) in [6, 6.07) is 19.1. The summed E-state index contributed by atoms with van der Waals surface area (Å²) in [6.45, 7) is 2.10. The lowest BCUT2D eigenvalue weighted by Crippen LogP contribution is -2.16. The SMILES string of the molecule is CCOC(=O)CC(c1ccccc1)C(C#N)c1cccc(Cl)c1. The van der Waals surface area contributed by atoms with Crippen molar-refractivity contribution in [2.75, 3.05) is 6.61 Å². The summed E-state index contributed by atoms with van der Waals surface area (Å²) in [5, 5.41) is 10.3. The van der Waals surface area contributed by atoms with Gasteiger partial charge in [0.2, 0.25) is 0 Å². The van der Waals surface area contributed by atoms with Gasteiger partial charge in [0, 0.05) is 10.9 Å². The molecule has 0 aromatic heterocycles. The standard InChI is InChI=1S/C19H18ClNO2/c1-2-23-19(22)12-17(14-7-4-3-5-8-14)18(13-21)15-9-6-10-16(20)11-15/h3-11,17-18H,2,12H2,1H3. The normalized spacial score (nSPS) is 12.9. The summed E-state index contributed by atoms with van der Waals surface area (Å²) in [6.07, 6.45) is 0.155. The molecule has 0 aliphatic carbocycles. The molecule has 0 saturated heterocycles. The Morgan fingerprint density at radius 3 is 2.48 bits per heavy atom.